The number of aryl methyl sites for hydroxylation is 1. The summed E-state index contributed by atoms with van der Waals surface area (Å²) in [7, 11) is -4.31. The van der Waals surface area contributed by atoms with Crippen LogP contribution in [-0.4, -0.2) is 24.5 Å². The molecule has 0 radical (unpaired) electrons. The van der Waals surface area contributed by atoms with Gasteiger partial charge in [0.2, 0.25) is 0 Å². The average molecular weight is 439 g/mol. The lowest BCUT2D eigenvalue weighted by atomic mass is 10.0. The van der Waals surface area contributed by atoms with Gasteiger partial charge >= 0.3 is 0 Å². The summed E-state index contributed by atoms with van der Waals surface area (Å²) in [6.45, 7) is 2.54. The molecule has 1 aliphatic rings. The van der Waals surface area contributed by atoms with Gasteiger partial charge in [0.05, 0.1) is 17.1 Å². The van der Waals surface area contributed by atoms with E-state index in [4.69, 9.17) is 4.74 Å². The topological polar surface area (TPSA) is 79.7 Å². The highest BCUT2D eigenvalue weighted by Gasteiger charge is 2.30. The van der Waals surface area contributed by atoms with Crippen molar-refractivity contribution in [1.82, 2.24) is 4.98 Å². The maximum atomic E-state index is 12.1. The lowest BCUT2D eigenvalue weighted by Crippen LogP contribution is -2.26. The average Bonchev–Trinajstić information content (AvgIpc) is 2.77. The Bertz CT molecular complexity index is 1150. The van der Waals surface area contributed by atoms with E-state index in [-0.39, 0.29) is 6.42 Å². The van der Waals surface area contributed by atoms with Gasteiger partial charge < -0.3 is 9.64 Å². The van der Waals surface area contributed by atoms with E-state index in [1.54, 1.807) is 18.2 Å². The molecular weight excluding hydrogens is 412 g/mol. The Kier molecular flexibility index (Phi) is 6.25. The van der Waals surface area contributed by atoms with Crippen molar-refractivity contribution in [2.75, 3.05) is 11.4 Å². The van der Waals surface area contributed by atoms with Crippen LogP contribution in [0.2, 0.25) is 0 Å². The molecule has 0 spiro atoms. The molecule has 0 amide bonds. The number of benzene rings is 2. The number of para-hydroxylation sites is 2. The van der Waals surface area contributed by atoms with Crippen LogP contribution in [0.5, 0.6) is 11.5 Å². The standard InChI is InChI=1S/C24H26N2O4S/c1-2-3-8-18-12-13-23-21(17-18)26(20-10-4-5-11-22(20)30-23)16-14-24(31(27,28)29)19-9-6-7-15-25-19/h4-7,9-13,15,17,24H,2-3,8,14,16H2,1H3,(H,27,28,29). The number of hydrogen-bond donors (Lipinski definition) is 1. The van der Waals surface area contributed by atoms with Crippen molar-refractivity contribution in [2.24, 2.45) is 0 Å². The van der Waals surface area contributed by atoms with Crippen molar-refractivity contribution in [2.45, 2.75) is 37.9 Å². The fraction of sp³-hybridized carbons (Fsp3) is 0.292. The molecule has 2 aromatic carbocycles. The Labute approximate surface area is 183 Å². The molecule has 31 heavy (non-hydrogen) atoms. The zero-order valence-electron chi connectivity index (χ0n) is 17.4. The number of unbranched alkanes of at least 4 members (excludes halogenated alkanes) is 1. The van der Waals surface area contributed by atoms with Gasteiger partial charge in [-0.1, -0.05) is 37.6 Å². The summed E-state index contributed by atoms with van der Waals surface area (Å²) in [4.78, 5) is 6.24. The van der Waals surface area contributed by atoms with Gasteiger partial charge in [0.25, 0.3) is 10.1 Å². The van der Waals surface area contributed by atoms with Crippen LogP contribution in [0.4, 0.5) is 11.4 Å². The fourth-order valence-corrected chi connectivity index (χ4v) is 4.76. The largest absolute Gasteiger partial charge is 0.453 e. The summed E-state index contributed by atoms with van der Waals surface area (Å²) in [6, 6.07) is 18.9. The quantitative estimate of drug-likeness (QED) is 0.455. The minimum absolute atomic E-state index is 0.183. The summed E-state index contributed by atoms with van der Waals surface area (Å²) < 4.78 is 40.3. The second-order valence-corrected chi connectivity index (χ2v) is 9.27. The van der Waals surface area contributed by atoms with Gasteiger partial charge in [0, 0.05) is 12.7 Å². The minimum Gasteiger partial charge on any atom is -0.453 e. The van der Waals surface area contributed by atoms with Crippen LogP contribution in [0.15, 0.2) is 66.9 Å². The minimum atomic E-state index is -4.31. The van der Waals surface area contributed by atoms with Crippen molar-refractivity contribution in [1.29, 1.82) is 0 Å². The van der Waals surface area contributed by atoms with Gasteiger partial charge in [-0.3, -0.25) is 9.54 Å². The van der Waals surface area contributed by atoms with E-state index in [9.17, 15) is 13.0 Å². The second kappa shape index (κ2) is 9.08. The highest BCUT2D eigenvalue weighted by Crippen LogP contribution is 2.47. The molecule has 7 heteroatoms. The van der Waals surface area contributed by atoms with Gasteiger partial charge in [-0.2, -0.15) is 8.42 Å². The number of hydrogen-bond acceptors (Lipinski definition) is 5. The summed E-state index contributed by atoms with van der Waals surface area (Å²) in [5.74, 6) is 1.46. The number of nitrogens with zero attached hydrogens (tertiary/aromatic N) is 2. The van der Waals surface area contributed by atoms with Crippen LogP contribution in [-0.2, 0) is 16.5 Å². The van der Waals surface area contributed by atoms with Crippen LogP contribution < -0.4 is 9.64 Å². The highest BCUT2D eigenvalue weighted by atomic mass is 32.2. The number of ether oxygens (including phenoxy) is 1. The molecule has 3 aromatic rings. The van der Waals surface area contributed by atoms with Gasteiger partial charge in [-0.15, -0.1) is 0 Å². The summed E-state index contributed by atoms with van der Waals surface area (Å²) in [6.07, 6.45) is 4.90. The molecule has 1 unspecified atom stereocenters. The van der Waals surface area contributed by atoms with Crippen molar-refractivity contribution in [3.8, 4) is 11.5 Å². The molecule has 1 aromatic heterocycles. The molecule has 0 bridgehead atoms. The van der Waals surface area contributed by atoms with Crippen LogP contribution >= 0.6 is 0 Å². The zero-order chi connectivity index (χ0) is 21.8. The van der Waals surface area contributed by atoms with E-state index in [2.05, 4.69) is 28.9 Å². The molecule has 0 saturated heterocycles. The van der Waals surface area contributed by atoms with Crippen molar-refractivity contribution < 1.29 is 17.7 Å². The van der Waals surface area contributed by atoms with Crippen molar-refractivity contribution in [3.63, 3.8) is 0 Å². The van der Waals surface area contributed by atoms with Gasteiger partial charge in [-0.05, 0) is 61.2 Å². The van der Waals surface area contributed by atoms with E-state index >= 15 is 0 Å². The SMILES string of the molecule is CCCCc1ccc2c(c1)N(CCC(c1ccccn1)S(=O)(=O)O)c1ccccc1O2. The van der Waals surface area contributed by atoms with E-state index in [0.717, 1.165) is 42.1 Å². The molecule has 162 valence electrons. The third kappa shape index (κ3) is 4.73. The maximum absolute atomic E-state index is 12.1. The molecule has 1 aliphatic heterocycles. The number of rotatable bonds is 8. The molecule has 0 fully saturated rings. The first kappa shape index (κ1) is 21.3. The van der Waals surface area contributed by atoms with Gasteiger partial charge in [-0.25, -0.2) is 0 Å². The van der Waals surface area contributed by atoms with Gasteiger partial charge in [0.15, 0.2) is 11.5 Å². The molecule has 1 N–H and O–H groups in total. The third-order valence-corrected chi connectivity index (χ3v) is 6.70. The Morgan fingerprint density at radius 1 is 1.03 bits per heavy atom. The van der Waals surface area contributed by atoms with Gasteiger partial charge in [0.1, 0.15) is 5.25 Å². The summed E-state index contributed by atoms with van der Waals surface area (Å²) >= 11 is 0. The fourth-order valence-electron chi connectivity index (χ4n) is 3.91. The van der Waals surface area contributed by atoms with Crippen LogP contribution in [0.1, 0.15) is 42.7 Å². The van der Waals surface area contributed by atoms with Crippen molar-refractivity contribution in [3.05, 3.63) is 78.1 Å². The number of aromatic nitrogens is 1. The molecule has 0 aliphatic carbocycles. The Morgan fingerprint density at radius 3 is 2.55 bits per heavy atom. The molecule has 6 nitrogen and oxygen atoms in total. The Hall–Kier alpha value is -2.90. The first-order valence-corrected chi connectivity index (χ1v) is 12.0. The smallest absolute Gasteiger partial charge is 0.273 e. The lowest BCUT2D eigenvalue weighted by Gasteiger charge is -2.33. The molecular formula is C24H26N2O4S. The predicted molar refractivity (Wildman–Crippen MR) is 122 cm³/mol. The third-order valence-electron chi connectivity index (χ3n) is 5.50. The van der Waals surface area contributed by atoms with E-state index in [1.807, 2.05) is 30.3 Å². The summed E-state index contributed by atoms with van der Waals surface area (Å²) in [5, 5.41) is -1.10. The Morgan fingerprint density at radius 2 is 1.81 bits per heavy atom. The molecule has 1 atom stereocenters. The lowest BCUT2D eigenvalue weighted by molar-refractivity contribution is 0.459. The Balaban J connectivity index is 1.68. The van der Waals surface area contributed by atoms with E-state index < -0.39 is 15.4 Å². The number of anilines is 2. The molecule has 4 rings (SSSR count). The zero-order valence-corrected chi connectivity index (χ0v) is 18.3. The van der Waals surface area contributed by atoms with Crippen LogP contribution in [0.3, 0.4) is 0 Å². The van der Waals surface area contributed by atoms with E-state index in [1.165, 1.54) is 11.8 Å². The number of pyridine rings is 1. The molecule has 2 heterocycles. The normalized spacial score (nSPS) is 13.8. The highest BCUT2D eigenvalue weighted by molar-refractivity contribution is 7.86. The monoisotopic (exact) mass is 438 g/mol. The maximum Gasteiger partial charge on any atom is 0.273 e. The van der Waals surface area contributed by atoms with Crippen molar-refractivity contribution >= 4 is 21.5 Å². The number of fused-ring (bicyclic) bond motifs is 2. The predicted octanol–water partition coefficient (Wildman–Crippen LogP) is 5.69. The second-order valence-electron chi connectivity index (χ2n) is 7.67. The van der Waals surface area contributed by atoms with Crippen LogP contribution in [0.25, 0.3) is 0 Å². The first-order valence-electron chi connectivity index (χ1n) is 10.5. The van der Waals surface area contributed by atoms with E-state index in [0.29, 0.717) is 12.2 Å². The first-order chi connectivity index (χ1) is 15.0. The molecule has 0 saturated carbocycles. The van der Waals surface area contributed by atoms with Crippen LogP contribution in [0, 0.1) is 0 Å². The summed E-state index contributed by atoms with van der Waals surface area (Å²) in [5.41, 5.74) is 3.33.